The van der Waals surface area contributed by atoms with Crippen LogP contribution >= 0.6 is 0 Å². The molecule has 0 saturated carbocycles. The zero-order valence-electron chi connectivity index (χ0n) is 9.34. The Morgan fingerprint density at radius 1 is 1.21 bits per heavy atom. The van der Waals surface area contributed by atoms with Crippen molar-refractivity contribution in [3.05, 3.63) is 0 Å². The molecule has 1 aliphatic heterocycles. The molecule has 0 spiro atoms. The summed E-state index contributed by atoms with van der Waals surface area (Å²) >= 11 is 0. The maximum Gasteiger partial charge on any atom is 0.0753 e. The minimum Gasteiger partial charge on any atom is -0.389 e. The monoisotopic (exact) mass is 200 g/mol. The van der Waals surface area contributed by atoms with Crippen molar-refractivity contribution in [2.75, 3.05) is 26.2 Å². The van der Waals surface area contributed by atoms with Gasteiger partial charge in [-0.2, -0.15) is 0 Å². The smallest absolute Gasteiger partial charge is 0.0753 e. The molecule has 14 heavy (non-hydrogen) atoms. The highest BCUT2D eigenvalue weighted by Gasteiger charge is 2.19. The van der Waals surface area contributed by atoms with Crippen LogP contribution in [-0.2, 0) is 0 Å². The standard InChI is InChI=1S/C11H24N2O/c1-11(14,10-12)6-9-13-7-4-2-3-5-8-13/h14H,2-10,12H2,1H3. The van der Waals surface area contributed by atoms with Gasteiger partial charge in [-0.15, -0.1) is 0 Å². The number of likely N-dealkylation sites (tertiary alicyclic amines) is 1. The van der Waals surface area contributed by atoms with Crippen molar-refractivity contribution in [2.45, 2.75) is 44.6 Å². The van der Waals surface area contributed by atoms with E-state index in [1.165, 1.54) is 38.8 Å². The summed E-state index contributed by atoms with van der Waals surface area (Å²) in [5, 5.41) is 9.77. The molecule has 0 aromatic heterocycles. The zero-order valence-corrected chi connectivity index (χ0v) is 9.34. The van der Waals surface area contributed by atoms with Crippen LogP contribution < -0.4 is 5.73 Å². The third-order valence-corrected chi connectivity index (χ3v) is 3.11. The summed E-state index contributed by atoms with van der Waals surface area (Å²) in [5.41, 5.74) is 4.81. The molecule has 3 heteroatoms. The van der Waals surface area contributed by atoms with E-state index < -0.39 is 5.60 Å². The fraction of sp³-hybridized carbons (Fsp3) is 1.00. The normalized spacial score (nSPS) is 24.2. The van der Waals surface area contributed by atoms with Gasteiger partial charge < -0.3 is 15.7 Å². The van der Waals surface area contributed by atoms with Gasteiger partial charge in [0.25, 0.3) is 0 Å². The maximum absolute atomic E-state index is 9.77. The first kappa shape index (κ1) is 12.0. The summed E-state index contributed by atoms with van der Waals surface area (Å²) < 4.78 is 0. The van der Waals surface area contributed by atoms with Crippen molar-refractivity contribution in [3.63, 3.8) is 0 Å². The Morgan fingerprint density at radius 3 is 2.29 bits per heavy atom. The van der Waals surface area contributed by atoms with Gasteiger partial charge in [-0.25, -0.2) is 0 Å². The predicted octanol–water partition coefficient (Wildman–Crippen LogP) is 0.962. The summed E-state index contributed by atoms with van der Waals surface area (Å²) in [6, 6.07) is 0. The molecule has 0 aliphatic carbocycles. The lowest BCUT2D eigenvalue weighted by Gasteiger charge is -2.26. The topological polar surface area (TPSA) is 49.5 Å². The van der Waals surface area contributed by atoms with E-state index in [4.69, 9.17) is 5.73 Å². The number of rotatable bonds is 4. The first-order valence-electron chi connectivity index (χ1n) is 5.79. The largest absolute Gasteiger partial charge is 0.389 e. The van der Waals surface area contributed by atoms with Crippen LogP contribution in [0.25, 0.3) is 0 Å². The molecule has 0 bridgehead atoms. The Bertz CT molecular complexity index is 151. The molecule has 1 rings (SSSR count). The van der Waals surface area contributed by atoms with E-state index in [9.17, 15) is 5.11 Å². The van der Waals surface area contributed by atoms with Crippen molar-refractivity contribution >= 4 is 0 Å². The average molecular weight is 200 g/mol. The summed E-state index contributed by atoms with van der Waals surface area (Å²) in [6.45, 7) is 5.57. The number of nitrogens with zero attached hydrogens (tertiary/aromatic N) is 1. The van der Waals surface area contributed by atoms with E-state index in [2.05, 4.69) is 4.90 Å². The molecule has 1 atom stereocenters. The van der Waals surface area contributed by atoms with Crippen LogP contribution in [0.1, 0.15) is 39.0 Å². The van der Waals surface area contributed by atoms with Gasteiger partial charge in [0.1, 0.15) is 0 Å². The molecule has 1 unspecified atom stereocenters. The minimum atomic E-state index is -0.674. The molecule has 1 fully saturated rings. The van der Waals surface area contributed by atoms with Gasteiger partial charge in [-0.1, -0.05) is 12.8 Å². The second-order valence-electron chi connectivity index (χ2n) is 4.71. The number of hydrogen-bond acceptors (Lipinski definition) is 3. The van der Waals surface area contributed by atoms with E-state index in [0.717, 1.165) is 13.0 Å². The van der Waals surface area contributed by atoms with E-state index in [1.54, 1.807) is 0 Å². The van der Waals surface area contributed by atoms with Crippen LogP contribution in [-0.4, -0.2) is 41.8 Å². The fourth-order valence-electron chi connectivity index (χ4n) is 1.86. The molecule has 0 aromatic rings. The van der Waals surface area contributed by atoms with Crippen molar-refractivity contribution in [1.29, 1.82) is 0 Å². The van der Waals surface area contributed by atoms with Gasteiger partial charge in [0.05, 0.1) is 5.60 Å². The quantitative estimate of drug-likeness (QED) is 0.711. The Labute approximate surface area is 87.3 Å². The van der Waals surface area contributed by atoms with Crippen molar-refractivity contribution < 1.29 is 5.11 Å². The van der Waals surface area contributed by atoms with Crippen LogP contribution in [0.3, 0.4) is 0 Å². The van der Waals surface area contributed by atoms with Gasteiger partial charge in [0.2, 0.25) is 0 Å². The van der Waals surface area contributed by atoms with E-state index in [-0.39, 0.29) is 0 Å². The highest BCUT2D eigenvalue weighted by atomic mass is 16.3. The predicted molar refractivity (Wildman–Crippen MR) is 59.2 cm³/mol. The van der Waals surface area contributed by atoms with Crippen molar-refractivity contribution in [1.82, 2.24) is 4.90 Å². The molecule has 1 heterocycles. The first-order valence-corrected chi connectivity index (χ1v) is 5.79. The second kappa shape index (κ2) is 5.69. The van der Waals surface area contributed by atoms with Gasteiger partial charge >= 0.3 is 0 Å². The van der Waals surface area contributed by atoms with Crippen molar-refractivity contribution in [2.24, 2.45) is 5.73 Å². The fourth-order valence-corrected chi connectivity index (χ4v) is 1.86. The highest BCUT2D eigenvalue weighted by Crippen LogP contribution is 2.13. The average Bonchev–Trinajstić information content (AvgIpc) is 2.43. The van der Waals surface area contributed by atoms with Crippen LogP contribution in [0, 0.1) is 0 Å². The third-order valence-electron chi connectivity index (χ3n) is 3.11. The van der Waals surface area contributed by atoms with Crippen LogP contribution in [0.2, 0.25) is 0 Å². The summed E-state index contributed by atoms with van der Waals surface area (Å²) in [6.07, 6.45) is 6.15. The molecule has 0 aromatic carbocycles. The molecule has 0 amide bonds. The van der Waals surface area contributed by atoms with Gasteiger partial charge in [-0.3, -0.25) is 0 Å². The summed E-state index contributed by atoms with van der Waals surface area (Å²) in [5.74, 6) is 0. The molecule has 84 valence electrons. The molecule has 3 N–H and O–H groups in total. The Morgan fingerprint density at radius 2 is 1.79 bits per heavy atom. The molecule has 1 aliphatic rings. The number of nitrogens with two attached hydrogens (primary N) is 1. The number of aliphatic hydroxyl groups is 1. The van der Waals surface area contributed by atoms with Crippen LogP contribution in [0.4, 0.5) is 0 Å². The Kier molecular flexibility index (Phi) is 4.85. The van der Waals surface area contributed by atoms with E-state index >= 15 is 0 Å². The summed E-state index contributed by atoms with van der Waals surface area (Å²) in [7, 11) is 0. The van der Waals surface area contributed by atoms with Gasteiger partial charge in [0.15, 0.2) is 0 Å². The lowest BCUT2D eigenvalue weighted by molar-refractivity contribution is 0.0480. The van der Waals surface area contributed by atoms with E-state index in [1.807, 2.05) is 6.92 Å². The molecular formula is C11H24N2O. The summed E-state index contributed by atoms with van der Waals surface area (Å²) in [4.78, 5) is 2.46. The lowest BCUT2D eigenvalue weighted by Crippen LogP contribution is -2.38. The molecule has 0 radical (unpaired) electrons. The van der Waals surface area contributed by atoms with Gasteiger partial charge in [-0.05, 0) is 39.3 Å². The third kappa shape index (κ3) is 4.40. The van der Waals surface area contributed by atoms with Crippen molar-refractivity contribution in [3.8, 4) is 0 Å². The second-order valence-corrected chi connectivity index (χ2v) is 4.71. The van der Waals surface area contributed by atoms with E-state index in [0.29, 0.717) is 6.54 Å². The van der Waals surface area contributed by atoms with Gasteiger partial charge in [0, 0.05) is 13.1 Å². The lowest BCUT2D eigenvalue weighted by atomic mass is 10.0. The maximum atomic E-state index is 9.77. The SMILES string of the molecule is CC(O)(CN)CCN1CCCCCC1. The number of hydrogen-bond donors (Lipinski definition) is 2. The highest BCUT2D eigenvalue weighted by molar-refractivity contribution is 4.75. The molecule has 1 saturated heterocycles. The van der Waals surface area contributed by atoms with Crippen LogP contribution in [0.5, 0.6) is 0 Å². The van der Waals surface area contributed by atoms with Crippen LogP contribution in [0.15, 0.2) is 0 Å². The Balaban J connectivity index is 2.22. The Hall–Kier alpha value is -0.120. The zero-order chi connectivity index (χ0) is 10.4. The molecular weight excluding hydrogens is 176 g/mol. The minimum absolute atomic E-state index is 0.362. The first-order chi connectivity index (χ1) is 6.64. The molecule has 3 nitrogen and oxygen atoms in total.